The first-order valence-corrected chi connectivity index (χ1v) is 10.4. The minimum absolute atomic E-state index is 0.0507. The van der Waals surface area contributed by atoms with Gasteiger partial charge in [0.25, 0.3) is 5.91 Å². The van der Waals surface area contributed by atoms with Crippen LogP contribution >= 0.6 is 0 Å². The molecule has 1 amide bonds. The highest BCUT2D eigenvalue weighted by molar-refractivity contribution is 5.98. The standard InChI is InChI=1S/C26H25F2NO3/c27-22-10-6-19(7-11-22)14-20(17-30)16-25(31)24(15-18-4-2-1-3-5-18)29-26(32)21-8-12-23(28)13-9-21/h1-13,20,24,30H,14-17H2,(H,29,32)/t20-,24+/m1/s1. The summed E-state index contributed by atoms with van der Waals surface area (Å²) in [5, 5.41) is 12.6. The highest BCUT2D eigenvalue weighted by atomic mass is 19.1. The van der Waals surface area contributed by atoms with E-state index in [1.54, 1.807) is 12.1 Å². The van der Waals surface area contributed by atoms with Crippen LogP contribution in [0.3, 0.4) is 0 Å². The lowest BCUT2D eigenvalue weighted by Gasteiger charge is -2.21. The molecule has 2 atom stereocenters. The molecule has 0 aliphatic heterocycles. The van der Waals surface area contributed by atoms with Crippen molar-refractivity contribution in [1.82, 2.24) is 5.32 Å². The number of benzene rings is 3. The normalized spacial score (nSPS) is 12.7. The van der Waals surface area contributed by atoms with Crippen LogP contribution in [0.4, 0.5) is 8.78 Å². The quantitative estimate of drug-likeness (QED) is 0.502. The number of rotatable bonds is 10. The molecule has 0 bridgehead atoms. The topological polar surface area (TPSA) is 66.4 Å². The van der Waals surface area contributed by atoms with Crippen LogP contribution in [0.25, 0.3) is 0 Å². The average molecular weight is 437 g/mol. The Balaban J connectivity index is 1.73. The van der Waals surface area contributed by atoms with Crippen molar-refractivity contribution in [2.45, 2.75) is 25.3 Å². The van der Waals surface area contributed by atoms with Crippen LogP contribution in [0.2, 0.25) is 0 Å². The van der Waals surface area contributed by atoms with Crippen LogP contribution in [0, 0.1) is 17.6 Å². The van der Waals surface area contributed by atoms with Gasteiger partial charge in [0.2, 0.25) is 0 Å². The monoisotopic (exact) mass is 437 g/mol. The van der Waals surface area contributed by atoms with E-state index in [0.29, 0.717) is 12.8 Å². The van der Waals surface area contributed by atoms with Crippen LogP contribution in [0.1, 0.15) is 27.9 Å². The summed E-state index contributed by atoms with van der Waals surface area (Å²) in [4.78, 5) is 25.8. The first kappa shape index (κ1) is 23.3. The van der Waals surface area contributed by atoms with Gasteiger partial charge in [-0.25, -0.2) is 8.78 Å². The van der Waals surface area contributed by atoms with Crippen LogP contribution in [0.5, 0.6) is 0 Å². The van der Waals surface area contributed by atoms with E-state index < -0.39 is 17.8 Å². The van der Waals surface area contributed by atoms with Gasteiger partial charge in [-0.05, 0) is 66.3 Å². The Kier molecular flexibility index (Phi) is 8.22. The van der Waals surface area contributed by atoms with Crippen molar-refractivity contribution in [2.24, 2.45) is 5.92 Å². The van der Waals surface area contributed by atoms with E-state index in [1.165, 1.54) is 36.4 Å². The molecule has 166 valence electrons. The molecule has 3 rings (SSSR count). The maximum absolute atomic E-state index is 13.2. The van der Waals surface area contributed by atoms with E-state index >= 15 is 0 Å². The van der Waals surface area contributed by atoms with Crippen molar-refractivity contribution in [3.63, 3.8) is 0 Å². The number of halogens is 2. The van der Waals surface area contributed by atoms with Crippen molar-refractivity contribution in [3.8, 4) is 0 Å². The molecular weight excluding hydrogens is 412 g/mol. The second-order valence-corrected chi connectivity index (χ2v) is 7.77. The molecule has 2 N–H and O–H groups in total. The van der Waals surface area contributed by atoms with Crippen LogP contribution < -0.4 is 5.32 Å². The largest absolute Gasteiger partial charge is 0.396 e. The molecule has 0 aliphatic rings. The van der Waals surface area contributed by atoms with Gasteiger partial charge in [-0.3, -0.25) is 9.59 Å². The summed E-state index contributed by atoms with van der Waals surface area (Å²) in [5.74, 6) is -1.86. The molecule has 0 saturated heterocycles. The number of aliphatic hydroxyl groups is 1. The molecule has 0 aromatic heterocycles. The molecule has 3 aromatic carbocycles. The molecule has 0 aliphatic carbocycles. The minimum atomic E-state index is -0.808. The molecule has 6 heteroatoms. The zero-order valence-corrected chi connectivity index (χ0v) is 17.5. The summed E-state index contributed by atoms with van der Waals surface area (Å²) in [6, 6.07) is 19.5. The van der Waals surface area contributed by atoms with E-state index in [0.717, 1.165) is 11.1 Å². The predicted octanol–water partition coefficient (Wildman–Crippen LogP) is 4.12. The van der Waals surface area contributed by atoms with E-state index in [-0.39, 0.29) is 36.1 Å². The summed E-state index contributed by atoms with van der Waals surface area (Å²) in [6.07, 6.45) is 0.753. The van der Waals surface area contributed by atoms with Gasteiger partial charge >= 0.3 is 0 Å². The minimum Gasteiger partial charge on any atom is -0.396 e. The van der Waals surface area contributed by atoms with Gasteiger partial charge < -0.3 is 10.4 Å². The lowest BCUT2D eigenvalue weighted by atomic mass is 9.90. The summed E-state index contributed by atoms with van der Waals surface area (Å²) in [5.41, 5.74) is 1.94. The fourth-order valence-corrected chi connectivity index (χ4v) is 3.52. The predicted molar refractivity (Wildman–Crippen MR) is 118 cm³/mol. The average Bonchev–Trinajstić information content (AvgIpc) is 2.80. The van der Waals surface area contributed by atoms with Gasteiger partial charge in [0, 0.05) is 18.6 Å². The van der Waals surface area contributed by atoms with Crippen LogP contribution in [-0.2, 0) is 17.6 Å². The smallest absolute Gasteiger partial charge is 0.251 e. The molecule has 0 radical (unpaired) electrons. The molecule has 0 saturated carbocycles. The molecule has 3 aromatic rings. The first-order chi connectivity index (χ1) is 15.4. The zero-order valence-electron chi connectivity index (χ0n) is 17.5. The SMILES string of the molecule is O=C(N[C@@H](Cc1ccccc1)C(=O)C[C@H](CO)Cc1ccc(F)cc1)c1ccc(F)cc1. The number of hydrogen-bond acceptors (Lipinski definition) is 3. The fourth-order valence-electron chi connectivity index (χ4n) is 3.52. The molecule has 4 nitrogen and oxygen atoms in total. The van der Waals surface area contributed by atoms with E-state index in [4.69, 9.17) is 0 Å². The number of amides is 1. The number of ketones is 1. The maximum atomic E-state index is 13.2. The summed E-state index contributed by atoms with van der Waals surface area (Å²) in [6.45, 7) is -0.215. The number of nitrogens with one attached hydrogen (secondary N) is 1. The zero-order chi connectivity index (χ0) is 22.9. The second kappa shape index (κ2) is 11.3. The molecule has 0 unspecified atom stereocenters. The third kappa shape index (κ3) is 6.82. The van der Waals surface area contributed by atoms with E-state index in [1.807, 2.05) is 30.3 Å². The fraction of sp³-hybridized carbons (Fsp3) is 0.231. The summed E-state index contributed by atoms with van der Waals surface area (Å²) < 4.78 is 26.3. The Morgan fingerprint density at radius 3 is 1.94 bits per heavy atom. The highest BCUT2D eigenvalue weighted by Crippen LogP contribution is 2.16. The maximum Gasteiger partial charge on any atom is 0.251 e. The van der Waals surface area contributed by atoms with E-state index in [9.17, 15) is 23.5 Å². The lowest BCUT2D eigenvalue weighted by molar-refractivity contribution is -0.122. The third-order valence-corrected chi connectivity index (χ3v) is 5.27. The Morgan fingerprint density at radius 1 is 0.781 bits per heavy atom. The Labute approximate surface area is 185 Å². The van der Waals surface area contributed by atoms with Gasteiger partial charge in [-0.2, -0.15) is 0 Å². The van der Waals surface area contributed by atoms with E-state index in [2.05, 4.69) is 5.32 Å². The number of carbonyl (C=O) groups is 2. The molecular formula is C26H25F2NO3. The number of hydrogen-bond donors (Lipinski definition) is 2. The number of aliphatic hydroxyl groups excluding tert-OH is 1. The Morgan fingerprint density at radius 2 is 1.34 bits per heavy atom. The van der Waals surface area contributed by atoms with Crippen molar-refractivity contribution in [2.75, 3.05) is 6.61 Å². The summed E-state index contributed by atoms with van der Waals surface area (Å²) >= 11 is 0. The molecule has 0 heterocycles. The van der Waals surface area contributed by atoms with Gasteiger partial charge in [-0.1, -0.05) is 42.5 Å². The lowest BCUT2D eigenvalue weighted by Crippen LogP contribution is -2.43. The van der Waals surface area contributed by atoms with Gasteiger partial charge in [-0.15, -0.1) is 0 Å². The molecule has 0 spiro atoms. The van der Waals surface area contributed by atoms with Crippen molar-refractivity contribution >= 4 is 11.7 Å². The number of carbonyl (C=O) groups excluding carboxylic acids is 2. The van der Waals surface area contributed by atoms with Crippen LogP contribution in [-0.4, -0.2) is 29.4 Å². The highest BCUT2D eigenvalue weighted by Gasteiger charge is 2.25. The Bertz CT molecular complexity index is 1020. The van der Waals surface area contributed by atoms with Crippen molar-refractivity contribution < 1.29 is 23.5 Å². The third-order valence-electron chi connectivity index (χ3n) is 5.27. The van der Waals surface area contributed by atoms with Gasteiger partial charge in [0.1, 0.15) is 11.6 Å². The second-order valence-electron chi connectivity index (χ2n) is 7.77. The molecule has 32 heavy (non-hydrogen) atoms. The first-order valence-electron chi connectivity index (χ1n) is 10.4. The van der Waals surface area contributed by atoms with Crippen molar-refractivity contribution in [3.05, 3.63) is 107 Å². The van der Waals surface area contributed by atoms with Crippen molar-refractivity contribution in [1.29, 1.82) is 0 Å². The van der Waals surface area contributed by atoms with Crippen LogP contribution in [0.15, 0.2) is 78.9 Å². The molecule has 0 fully saturated rings. The number of Topliss-reactive ketones (excluding diaryl/α,β-unsaturated/α-hetero) is 1. The van der Waals surface area contributed by atoms with Gasteiger partial charge in [0.05, 0.1) is 6.04 Å². The Hall–Kier alpha value is -3.38. The summed E-state index contributed by atoms with van der Waals surface area (Å²) in [7, 11) is 0. The van der Waals surface area contributed by atoms with Gasteiger partial charge in [0.15, 0.2) is 5.78 Å².